The monoisotopic (exact) mass is 441 g/mol. The van der Waals surface area contributed by atoms with Crippen LogP contribution >= 0.6 is 39.9 Å². The second-order valence-electron chi connectivity index (χ2n) is 3.95. The van der Waals surface area contributed by atoms with Crippen molar-refractivity contribution in [2.24, 2.45) is 4.99 Å². The molecule has 0 amide bonds. The second kappa shape index (κ2) is 10.4. The first kappa shape index (κ1) is 18.7. The predicted molar refractivity (Wildman–Crippen MR) is 94.3 cm³/mol. The Balaban J connectivity index is 0.00000324. The smallest absolute Gasteiger partial charge is 0.193 e. The molecule has 19 heavy (non-hydrogen) atoms. The topological polar surface area (TPSA) is 36.9 Å². The molecular formula is C13H21BrIN3O. The molecule has 108 valence electrons. The molecule has 1 N–H and O–H groups in total. The van der Waals surface area contributed by atoms with E-state index in [1.807, 2.05) is 19.2 Å². The van der Waals surface area contributed by atoms with Crippen LogP contribution in [0.4, 0.5) is 0 Å². The summed E-state index contributed by atoms with van der Waals surface area (Å²) in [6, 6.07) is 8.29. The summed E-state index contributed by atoms with van der Waals surface area (Å²) in [7, 11) is 5.49. The molecule has 0 radical (unpaired) electrons. The van der Waals surface area contributed by atoms with Crippen LogP contribution < -0.4 is 5.32 Å². The molecule has 0 aliphatic carbocycles. The van der Waals surface area contributed by atoms with Gasteiger partial charge in [-0.2, -0.15) is 0 Å². The van der Waals surface area contributed by atoms with Crippen molar-refractivity contribution in [3.63, 3.8) is 0 Å². The molecule has 0 heterocycles. The predicted octanol–water partition coefficient (Wildman–Crippen LogP) is 2.72. The summed E-state index contributed by atoms with van der Waals surface area (Å²) >= 11 is 3.43. The van der Waals surface area contributed by atoms with Crippen LogP contribution in [-0.2, 0) is 11.3 Å². The molecule has 0 aromatic heterocycles. The lowest BCUT2D eigenvalue weighted by Crippen LogP contribution is -2.39. The minimum Gasteiger partial charge on any atom is -0.383 e. The largest absolute Gasteiger partial charge is 0.383 e. The maximum atomic E-state index is 5.01. The number of guanidine groups is 1. The zero-order chi connectivity index (χ0) is 13.4. The first-order valence-corrected chi connectivity index (χ1v) is 6.62. The standard InChI is InChI=1S/C13H20BrN3O.HI/c1-15-13(16-8-9-18-3)17(2)10-11-4-6-12(14)7-5-11;/h4-7H,8-10H2,1-3H3,(H,15,16);1H. The first-order chi connectivity index (χ1) is 8.67. The van der Waals surface area contributed by atoms with Crippen LogP contribution in [0, 0.1) is 0 Å². The molecule has 0 atom stereocenters. The molecule has 0 aliphatic rings. The summed E-state index contributed by atoms with van der Waals surface area (Å²) in [5, 5.41) is 3.24. The minimum atomic E-state index is 0. The maximum absolute atomic E-state index is 5.01. The third kappa shape index (κ3) is 7.12. The Labute approximate surface area is 140 Å². The van der Waals surface area contributed by atoms with E-state index in [4.69, 9.17) is 4.74 Å². The highest BCUT2D eigenvalue weighted by Gasteiger charge is 2.05. The van der Waals surface area contributed by atoms with Gasteiger partial charge in [-0.05, 0) is 17.7 Å². The van der Waals surface area contributed by atoms with E-state index in [-0.39, 0.29) is 24.0 Å². The summed E-state index contributed by atoms with van der Waals surface area (Å²) in [6.07, 6.45) is 0. The highest BCUT2D eigenvalue weighted by atomic mass is 127. The lowest BCUT2D eigenvalue weighted by atomic mass is 10.2. The van der Waals surface area contributed by atoms with Crippen molar-refractivity contribution >= 4 is 45.9 Å². The van der Waals surface area contributed by atoms with E-state index in [2.05, 4.69) is 43.3 Å². The van der Waals surface area contributed by atoms with Crippen molar-refractivity contribution in [1.29, 1.82) is 0 Å². The van der Waals surface area contributed by atoms with Gasteiger partial charge in [-0.25, -0.2) is 0 Å². The third-order valence-electron chi connectivity index (χ3n) is 2.50. The fraction of sp³-hybridized carbons (Fsp3) is 0.462. The highest BCUT2D eigenvalue weighted by molar-refractivity contribution is 14.0. The SMILES string of the molecule is CN=C(NCCOC)N(C)Cc1ccc(Br)cc1.I. The van der Waals surface area contributed by atoms with Gasteiger partial charge in [0.05, 0.1) is 6.61 Å². The normalized spacial score (nSPS) is 10.8. The van der Waals surface area contributed by atoms with Gasteiger partial charge in [-0.15, -0.1) is 24.0 Å². The Morgan fingerprint density at radius 1 is 1.37 bits per heavy atom. The quantitative estimate of drug-likeness (QED) is 0.330. The molecule has 4 nitrogen and oxygen atoms in total. The Bertz CT molecular complexity index is 384. The van der Waals surface area contributed by atoms with Gasteiger partial charge < -0.3 is 15.0 Å². The molecule has 0 spiro atoms. The number of hydrogen-bond donors (Lipinski definition) is 1. The molecule has 1 aromatic rings. The number of nitrogens with one attached hydrogen (secondary N) is 1. The van der Waals surface area contributed by atoms with Crippen LogP contribution in [0.15, 0.2) is 33.7 Å². The van der Waals surface area contributed by atoms with Crippen LogP contribution in [-0.4, -0.2) is 45.2 Å². The zero-order valence-electron chi connectivity index (χ0n) is 11.5. The molecule has 0 saturated heterocycles. The van der Waals surface area contributed by atoms with Crippen LogP contribution in [0.1, 0.15) is 5.56 Å². The van der Waals surface area contributed by atoms with E-state index in [9.17, 15) is 0 Å². The number of rotatable bonds is 5. The second-order valence-corrected chi connectivity index (χ2v) is 4.86. The number of nitrogens with zero attached hydrogens (tertiary/aromatic N) is 2. The minimum absolute atomic E-state index is 0. The van der Waals surface area contributed by atoms with Crippen molar-refractivity contribution in [2.75, 3.05) is 34.4 Å². The lowest BCUT2D eigenvalue weighted by molar-refractivity contribution is 0.203. The maximum Gasteiger partial charge on any atom is 0.193 e. The van der Waals surface area contributed by atoms with Gasteiger partial charge in [-0.1, -0.05) is 28.1 Å². The number of halogens is 2. The summed E-state index contributed by atoms with van der Waals surface area (Å²) in [5.74, 6) is 0.870. The van der Waals surface area contributed by atoms with Crippen molar-refractivity contribution in [3.05, 3.63) is 34.3 Å². The number of aliphatic imine (C=N–C) groups is 1. The Hall–Kier alpha value is -0.340. The molecule has 0 bridgehead atoms. The summed E-state index contributed by atoms with van der Waals surface area (Å²) in [6.45, 7) is 2.25. The summed E-state index contributed by atoms with van der Waals surface area (Å²) < 4.78 is 6.10. The van der Waals surface area contributed by atoms with Gasteiger partial charge in [0.15, 0.2) is 5.96 Å². The zero-order valence-corrected chi connectivity index (χ0v) is 15.4. The van der Waals surface area contributed by atoms with Gasteiger partial charge in [0.2, 0.25) is 0 Å². The summed E-state index contributed by atoms with van der Waals surface area (Å²) in [4.78, 5) is 6.32. The summed E-state index contributed by atoms with van der Waals surface area (Å²) in [5.41, 5.74) is 1.25. The van der Waals surface area contributed by atoms with Crippen molar-refractivity contribution in [2.45, 2.75) is 6.54 Å². The molecule has 0 aliphatic heterocycles. The first-order valence-electron chi connectivity index (χ1n) is 5.82. The van der Waals surface area contributed by atoms with E-state index < -0.39 is 0 Å². The molecular weight excluding hydrogens is 421 g/mol. The molecule has 1 aromatic carbocycles. The average molecular weight is 442 g/mol. The Kier molecular flexibility index (Phi) is 10.3. The van der Waals surface area contributed by atoms with Gasteiger partial charge in [-0.3, -0.25) is 4.99 Å². The molecule has 0 fully saturated rings. The van der Waals surface area contributed by atoms with Gasteiger partial charge in [0.1, 0.15) is 0 Å². The highest BCUT2D eigenvalue weighted by Crippen LogP contribution is 2.11. The van der Waals surface area contributed by atoms with Gasteiger partial charge in [0, 0.05) is 38.8 Å². The van der Waals surface area contributed by atoms with E-state index in [0.717, 1.165) is 23.5 Å². The fourth-order valence-electron chi connectivity index (χ4n) is 1.59. The van der Waals surface area contributed by atoms with Crippen LogP contribution in [0.2, 0.25) is 0 Å². The third-order valence-corrected chi connectivity index (χ3v) is 3.02. The van der Waals surface area contributed by atoms with E-state index in [1.54, 1.807) is 14.2 Å². The number of hydrogen-bond acceptors (Lipinski definition) is 2. The van der Waals surface area contributed by atoms with E-state index in [1.165, 1.54) is 5.56 Å². The van der Waals surface area contributed by atoms with Crippen molar-refractivity contribution in [3.8, 4) is 0 Å². The Morgan fingerprint density at radius 3 is 2.53 bits per heavy atom. The van der Waals surface area contributed by atoms with Gasteiger partial charge in [0.25, 0.3) is 0 Å². The fourth-order valence-corrected chi connectivity index (χ4v) is 1.85. The lowest BCUT2D eigenvalue weighted by Gasteiger charge is -2.22. The molecule has 1 rings (SSSR count). The van der Waals surface area contributed by atoms with Crippen LogP contribution in [0.3, 0.4) is 0 Å². The number of ether oxygens (including phenoxy) is 1. The van der Waals surface area contributed by atoms with Crippen molar-refractivity contribution < 1.29 is 4.74 Å². The number of benzene rings is 1. The molecule has 0 saturated carbocycles. The van der Waals surface area contributed by atoms with Crippen LogP contribution in [0.5, 0.6) is 0 Å². The molecule has 0 unspecified atom stereocenters. The van der Waals surface area contributed by atoms with E-state index in [0.29, 0.717) is 6.61 Å². The molecule has 6 heteroatoms. The number of methoxy groups -OCH3 is 1. The van der Waals surface area contributed by atoms with E-state index >= 15 is 0 Å². The van der Waals surface area contributed by atoms with Gasteiger partial charge >= 0.3 is 0 Å². The Morgan fingerprint density at radius 2 is 2.00 bits per heavy atom. The average Bonchev–Trinajstić information content (AvgIpc) is 2.37. The van der Waals surface area contributed by atoms with Crippen LogP contribution in [0.25, 0.3) is 0 Å². The van der Waals surface area contributed by atoms with Crippen molar-refractivity contribution in [1.82, 2.24) is 10.2 Å².